The summed E-state index contributed by atoms with van der Waals surface area (Å²) in [5.41, 5.74) is 1.83. The van der Waals surface area contributed by atoms with Gasteiger partial charge in [-0.1, -0.05) is 18.2 Å². The van der Waals surface area contributed by atoms with Crippen molar-refractivity contribution in [3.05, 3.63) is 53.6 Å². The summed E-state index contributed by atoms with van der Waals surface area (Å²) in [5, 5.41) is 10.2. The van der Waals surface area contributed by atoms with Crippen LogP contribution >= 0.6 is 0 Å². The summed E-state index contributed by atoms with van der Waals surface area (Å²) in [6.07, 6.45) is 1.70. The van der Waals surface area contributed by atoms with Crippen LogP contribution in [0.25, 0.3) is 0 Å². The van der Waals surface area contributed by atoms with Crippen molar-refractivity contribution in [1.82, 2.24) is 0 Å². The third kappa shape index (κ3) is 4.97. The van der Waals surface area contributed by atoms with E-state index in [1.807, 2.05) is 37.3 Å². The zero-order chi connectivity index (χ0) is 18.2. The lowest BCUT2D eigenvalue weighted by atomic mass is 10.1. The lowest BCUT2D eigenvalue weighted by Gasteiger charge is -2.20. The molecule has 0 aliphatic heterocycles. The summed E-state index contributed by atoms with van der Waals surface area (Å²) >= 11 is 0. The fourth-order valence-electron chi connectivity index (χ4n) is 2.65. The number of nitrogens with zero attached hydrogens (tertiary/aromatic N) is 1. The second kappa shape index (κ2) is 9.08. The van der Waals surface area contributed by atoms with Gasteiger partial charge in [-0.15, -0.1) is 0 Å². The molecular formula is C20H27N2O3+. The van der Waals surface area contributed by atoms with Crippen molar-refractivity contribution in [3.8, 4) is 17.2 Å². The van der Waals surface area contributed by atoms with Crippen molar-refractivity contribution in [2.45, 2.75) is 13.0 Å². The van der Waals surface area contributed by atoms with Crippen LogP contribution in [0.5, 0.6) is 17.2 Å². The van der Waals surface area contributed by atoms with Crippen molar-refractivity contribution in [2.24, 2.45) is 4.99 Å². The molecule has 1 atom stereocenters. The first kappa shape index (κ1) is 18.8. The third-order valence-corrected chi connectivity index (χ3v) is 4.04. The Morgan fingerprint density at radius 1 is 1.20 bits per heavy atom. The van der Waals surface area contributed by atoms with Crippen LogP contribution in [0, 0.1) is 0 Å². The number of quaternary nitrogens is 1. The van der Waals surface area contributed by atoms with Crippen molar-refractivity contribution >= 4 is 6.21 Å². The van der Waals surface area contributed by atoms with Gasteiger partial charge in [0.2, 0.25) is 0 Å². The number of rotatable bonds is 8. The van der Waals surface area contributed by atoms with Crippen LogP contribution in [0.1, 0.15) is 24.1 Å². The van der Waals surface area contributed by atoms with E-state index in [0.717, 1.165) is 5.75 Å². The fourth-order valence-corrected chi connectivity index (χ4v) is 2.65. The molecule has 2 rings (SSSR count). The molecule has 0 radical (unpaired) electrons. The minimum atomic E-state index is 0.128. The molecular weight excluding hydrogens is 316 g/mol. The van der Waals surface area contributed by atoms with E-state index in [1.54, 1.807) is 19.4 Å². The first-order valence-corrected chi connectivity index (χ1v) is 8.45. The first-order chi connectivity index (χ1) is 12.1. The average molecular weight is 343 g/mol. The molecule has 0 heterocycles. The topological polar surface area (TPSA) is 55.5 Å². The van der Waals surface area contributed by atoms with Crippen LogP contribution in [-0.2, 0) is 0 Å². The van der Waals surface area contributed by atoms with Gasteiger partial charge in [-0.25, -0.2) is 0 Å². The molecule has 0 aliphatic carbocycles. The van der Waals surface area contributed by atoms with E-state index >= 15 is 0 Å². The number of hydrogen-bond acceptors (Lipinski definition) is 4. The fraction of sp³-hybridized carbons (Fsp3) is 0.350. The Labute approximate surface area is 149 Å². The summed E-state index contributed by atoms with van der Waals surface area (Å²) < 4.78 is 10.7. The number of methoxy groups -OCH3 is 1. The second-order valence-corrected chi connectivity index (χ2v) is 6.03. The van der Waals surface area contributed by atoms with Crippen molar-refractivity contribution in [2.75, 3.05) is 34.4 Å². The van der Waals surface area contributed by atoms with E-state index in [2.05, 4.69) is 25.2 Å². The Kier molecular flexibility index (Phi) is 6.83. The number of para-hydroxylation sites is 1. The summed E-state index contributed by atoms with van der Waals surface area (Å²) in [4.78, 5) is 5.83. The number of phenols is 1. The maximum atomic E-state index is 10.2. The Morgan fingerprint density at radius 2 is 1.96 bits per heavy atom. The van der Waals surface area contributed by atoms with Gasteiger partial charge in [0.05, 0.1) is 34.4 Å². The van der Waals surface area contributed by atoms with Crippen LogP contribution in [-0.4, -0.2) is 45.7 Å². The molecule has 134 valence electrons. The molecule has 0 spiro atoms. The van der Waals surface area contributed by atoms with Gasteiger partial charge in [0.25, 0.3) is 0 Å². The number of nitrogens with one attached hydrogen (secondary N) is 1. The van der Waals surface area contributed by atoms with Gasteiger partial charge in [0, 0.05) is 17.3 Å². The molecule has 0 bridgehead atoms. The van der Waals surface area contributed by atoms with Gasteiger partial charge in [-0.3, -0.25) is 4.99 Å². The van der Waals surface area contributed by atoms with Gasteiger partial charge in [-0.2, -0.15) is 0 Å². The summed E-state index contributed by atoms with van der Waals surface area (Å²) in [6.45, 7) is 3.00. The Bertz CT molecular complexity index is 714. The second-order valence-electron chi connectivity index (χ2n) is 6.03. The number of aromatic hydroxyl groups is 1. The average Bonchev–Trinajstić information content (AvgIpc) is 2.61. The van der Waals surface area contributed by atoms with Crippen molar-refractivity contribution in [3.63, 3.8) is 0 Å². The van der Waals surface area contributed by atoms with Gasteiger partial charge in [-0.05, 0) is 31.2 Å². The first-order valence-electron chi connectivity index (χ1n) is 8.45. The van der Waals surface area contributed by atoms with Gasteiger partial charge >= 0.3 is 0 Å². The summed E-state index contributed by atoms with van der Waals surface area (Å²) in [5.74, 6) is 1.45. The number of likely N-dealkylation sites (N-methyl/N-ethyl adjacent to an activating group) is 1. The van der Waals surface area contributed by atoms with Gasteiger partial charge in [0.1, 0.15) is 11.8 Å². The van der Waals surface area contributed by atoms with Gasteiger partial charge in [0.15, 0.2) is 11.5 Å². The minimum Gasteiger partial charge on any atom is -0.504 e. The Hall–Kier alpha value is -2.53. The highest BCUT2D eigenvalue weighted by molar-refractivity contribution is 5.84. The highest BCUT2D eigenvalue weighted by Crippen LogP contribution is 2.28. The minimum absolute atomic E-state index is 0.128. The smallest absolute Gasteiger partial charge is 0.166 e. The highest BCUT2D eigenvalue weighted by Gasteiger charge is 2.17. The lowest BCUT2D eigenvalue weighted by Crippen LogP contribution is -3.06. The number of benzene rings is 2. The van der Waals surface area contributed by atoms with Crippen molar-refractivity contribution in [1.29, 1.82) is 0 Å². The van der Waals surface area contributed by atoms with Crippen LogP contribution in [0.3, 0.4) is 0 Å². The number of hydrogen-bond donors (Lipinski definition) is 2. The highest BCUT2D eigenvalue weighted by atomic mass is 16.5. The zero-order valence-electron chi connectivity index (χ0n) is 15.3. The number of aliphatic imine (C=N–C) groups is 1. The molecule has 0 aliphatic rings. The largest absolute Gasteiger partial charge is 0.504 e. The van der Waals surface area contributed by atoms with Crippen LogP contribution < -0.4 is 14.4 Å². The monoisotopic (exact) mass is 343 g/mol. The maximum Gasteiger partial charge on any atom is 0.166 e. The number of phenolic OH excluding ortho intramolecular Hbond substituents is 1. The molecule has 2 aromatic carbocycles. The molecule has 2 aromatic rings. The normalized spacial score (nSPS) is 12.5. The summed E-state index contributed by atoms with van der Waals surface area (Å²) in [7, 11) is 5.88. The Balaban J connectivity index is 2.16. The zero-order valence-corrected chi connectivity index (χ0v) is 15.3. The van der Waals surface area contributed by atoms with E-state index in [4.69, 9.17) is 9.47 Å². The standard InChI is InChI=1S/C20H26N2O3/c1-5-25-19-11-7-9-16(20(19)23)13-21-14-18(22(2)3)15-8-6-10-17(12-15)24-4/h6-13,18,23H,5,14H2,1-4H3/p+1/t18-/m0/s1. The molecule has 0 fully saturated rings. The Morgan fingerprint density at radius 3 is 2.64 bits per heavy atom. The van der Waals surface area contributed by atoms with Crippen LogP contribution in [0.4, 0.5) is 0 Å². The molecule has 0 amide bonds. The number of ether oxygens (including phenoxy) is 2. The summed E-state index contributed by atoms with van der Waals surface area (Å²) in [6, 6.07) is 13.7. The molecule has 0 unspecified atom stereocenters. The van der Waals surface area contributed by atoms with Crippen LogP contribution in [0.15, 0.2) is 47.5 Å². The molecule has 0 aromatic heterocycles. The van der Waals surface area contributed by atoms with Crippen LogP contribution in [0.2, 0.25) is 0 Å². The van der Waals surface area contributed by atoms with E-state index in [0.29, 0.717) is 24.5 Å². The lowest BCUT2D eigenvalue weighted by molar-refractivity contribution is -0.890. The molecule has 2 N–H and O–H groups in total. The van der Waals surface area contributed by atoms with Crippen molar-refractivity contribution < 1.29 is 19.5 Å². The third-order valence-electron chi connectivity index (χ3n) is 4.04. The SMILES string of the molecule is CCOc1cccc(C=NC[C@@H](c2cccc(OC)c2)[NH+](C)C)c1O. The molecule has 0 saturated heterocycles. The van der Waals surface area contributed by atoms with E-state index < -0.39 is 0 Å². The molecule has 5 nitrogen and oxygen atoms in total. The van der Waals surface area contributed by atoms with E-state index in [9.17, 15) is 5.11 Å². The van der Waals surface area contributed by atoms with E-state index in [1.165, 1.54) is 10.5 Å². The predicted octanol–water partition coefficient (Wildman–Crippen LogP) is 2.10. The molecule has 5 heteroatoms. The predicted molar refractivity (Wildman–Crippen MR) is 100 cm³/mol. The quantitative estimate of drug-likeness (QED) is 0.722. The molecule has 25 heavy (non-hydrogen) atoms. The maximum absolute atomic E-state index is 10.2. The van der Waals surface area contributed by atoms with E-state index in [-0.39, 0.29) is 11.8 Å². The van der Waals surface area contributed by atoms with Gasteiger partial charge < -0.3 is 19.5 Å². The molecule has 0 saturated carbocycles.